The minimum absolute atomic E-state index is 0.209. The standard InChI is InChI=1S/C10H11N3O3S/c1-16-10(15)13(12-9(11)17)8(14)7-5-3-2-4-6-7/h2-6H,1H3,(H3,11,12,17). The van der Waals surface area contributed by atoms with Crippen LogP contribution in [0.3, 0.4) is 0 Å². The fourth-order valence-corrected chi connectivity index (χ4v) is 1.18. The first-order valence-electron chi connectivity index (χ1n) is 4.59. The van der Waals surface area contributed by atoms with Crippen LogP contribution in [-0.4, -0.2) is 29.2 Å². The zero-order valence-corrected chi connectivity index (χ0v) is 9.86. The lowest BCUT2D eigenvalue weighted by Gasteiger charge is -2.19. The summed E-state index contributed by atoms with van der Waals surface area (Å²) in [5, 5.41) is 0.400. The van der Waals surface area contributed by atoms with E-state index in [1.54, 1.807) is 30.3 Å². The van der Waals surface area contributed by atoms with Gasteiger partial charge in [-0.05, 0) is 24.4 Å². The van der Waals surface area contributed by atoms with Crippen molar-refractivity contribution >= 4 is 29.3 Å². The maximum absolute atomic E-state index is 11.9. The van der Waals surface area contributed by atoms with Crippen molar-refractivity contribution in [3.8, 4) is 0 Å². The van der Waals surface area contributed by atoms with Crippen LogP contribution in [-0.2, 0) is 4.74 Å². The van der Waals surface area contributed by atoms with Crippen molar-refractivity contribution in [2.24, 2.45) is 5.73 Å². The largest absolute Gasteiger partial charge is 0.451 e. The van der Waals surface area contributed by atoms with Crippen LogP contribution < -0.4 is 11.2 Å². The first-order valence-corrected chi connectivity index (χ1v) is 5.00. The first-order chi connectivity index (χ1) is 8.06. The molecule has 0 aliphatic carbocycles. The molecule has 0 aliphatic rings. The van der Waals surface area contributed by atoms with E-state index in [0.29, 0.717) is 10.6 Å². The van der Waals surface area contributed by atoms with Gasteiger partial charge in [-0.25, -0.2) is 4.79 Å². The van der Waals surface area contributed by atoms with Crippen molar-refractivity contribution in [3.05, 3.63) is 35.9 Å². The van der Waals surface area contributed by atoms with Crippen LogP contribution >= 0.6 is 12.2 Å². The Hall–Kier alpha value is -2.15. The van der Waals surface area contributed by atoms with E-state index in [1.807, 2.05) is 0 Å². The number of hydrazine groups is 1. The number of hydrogen-bond donors (Lipinski definition) is 2. The van der Waals surface area contributed by atoms with Gasteiger partial charge in [-0.2, -0.15) is 0 Å². The number of carbonyl (C=O) groups is 2. The maximum Gasteiger partial charge on any atom is 0.436 e. The fourth-order valence-electron chi connectivity index (χ4n) is 1.09. The van der Waals surface area contributed by atoms with Crippen LogP contribution in [0.1, 0.15) is 10.4 Å². The number of ether oxygens (including phenoxy) is 1. The number of methoxy groups -OCH3 is 1. The molecule has 90 valence electrons. The third-order valence-electron chi connectivity index (χ3n) is 1.80. The molecule has 0 spiro atoms. The van der Waals surface area contributed by atoms with E-state index in [4.69, 9.17) is 5.73 Å². The minimum atomic E-state index is -0.897. The molecule has 0 aromatic heterocycles. The first kappa shape index (κ1) is 12.9. The predicted molar refractivity (Wildman–Crippen MR) is 64.9 cm³/mol. The Kier molecular flexibility index (Phi) is 4.41. The highest BCUT2D eigenvalue weighted by atomic mass is 32.1. The molecular weight excluding hydrogens is 242 g/mol. The summed E-state index contributed by atoms with van der Waals surface area (Å²) in [6.07, 6.45) is -0.897. The Bertz CT molecular complexity index is 436. The average molecular weight is 253 g/mol. The predicted octanol–water partition coefficient (Wildman–Crippen LogP) is 0.643. The molecule has 0 aliphatic heterocycles. The molecule has 0 unspecified atom stereocenters. The molecule has 17 heavy (non-hydrogen) atoms. The number of benzene rings is 1. The van der Waals surface area contributed by atoms with Crippen LogP contribution in [0, 0.1) is 0 Å². The lowest BCUT2D eigenvalue weighted by atomic mass is 10.2. The van der Waals surface area contributed by atoms with Gasteiger partial charge in [0, 0.05) is 5.56 Å². The van der Waals surface area contributed by atoms with Gasteiger partial charge in [-0.1, -0.05) is 18.2 Å². The molecule has 0 atom stereocenters. The summed E-state index contributed by atoms with van der Waals surface area (Å²) in [5.41, 5.74) is 7.77. The van der Waals surface area contributed by atoms with Crippen LogP contribution in [0.4, 0.5) is 4.79 Å². The molecule has 1 rings (SSSR count). The van der Waals surface area contributed by atoms with Gasteiger partial charge in [0.1, 0.15) is 0 Å². The number of nitrogens with zero attached hydrogens (tertiary/aromatic N) is 1. The summed E-state index contributed by atoms with van der Waals surface area (Å²) in [4.78, 5) is 23.3. The molecule has 0 fully saturated rings. The second-order valence-electron chi connectivity index (χ2n) is 2.95. The molecule has 3 N–H and O–H groups in total. The Morgan fingerprint density at radius 3 is 2.41 bits per heavy atom. The van der Waals surface area contributed by atoms with Crippen molar-refractivity contribution in [1.82, 2.24) is 10.4 Å². The van der Waals surface area contributed by atoms with Gasteiger partial charge in [0.2, 0.25) is 0 Å². The van der Waals surface area contributed by atoms with E-state index in [-0.39, 0.29) is 5.11 Å². The zero-order valence-electron chi connectivity index (χ0n) is 9.04. The average Bonchev–Trinajstić information content (AvgIpc) is 2.35. The third-order valence-corrected chi connectivity index (χ3v) is 1.89. The highest BCUT2D eigenvalue weighted by molar-refractivity contribution is 7.80. The van der Waals surface area contributed by atoms with Crippen LogP contribution in [0.5, 0.6) is 0 Å². The van der Waals surface area contributed by atoms with Gasteiger partial charge in [0.05, 0.1) is 7.11 Å². The van der Waals surface area contributed by atoms with E-state index in [0.717, 1.165) is 7.11 Å². The Morgan fingerprint density at radius 2 is 1.94 bits per heavy atom. The molecule has 2 amide bonds. The lowest BCUT2D eigenvalue weighted by Crippen LogP contribution is -2.51. The van der Waals surface area contributed by atoms with Gasteiger partial charge in [0.15, 0.2) is 5.11 Å². The molecule has 1 aromatic rings. The molecule has 6 nitrogen and oxygen atoms in total. The summed E-state index contributed by atoms with van der Waals surface area (Å²) in [6, 6.07) is 8.20. The zero-order chi connectivity index (χ0) is 12.8. The van der Waals surface area contributed by atoms with Gasteiger partial charge in [0.25, 0.3) is 5.91 Å². The van der Waals surface area contributed by atoms with E-state index < -0.39 is 12.0 Å². The number of amides is 2. The van der Waals surface area contributed by atoms with Gasteiger partial charge in [-0.15, -0.1) is 5.01 Å². The Labute approximate surface area is 103 Å². The van der Waals surface area contributed by atoms with E-state index >= 15 is 0 Å². The number of hydrogen-bond acceptors (Lipinski definition) is 4. The third kappa shape index (κ3) is 3.42. The van der Waals surface area contributed by atoms with Crippen molar-refractivity contribution < 1.29 is 14.3 Å². The minimum Gasteiger partial charge on any atom is -0.451 e. The van der Waals surface area contributed by atoms with E-state index in [1.165, 1.54) is 0 Å². The summed E-state index contributed by atoms with van der Waals surface area (Å²) < 4.78 is 4.44. The monoisotopic (exact) mass is 253 g/mol. The maximum atomic E-state index is 11.9. The summed E-state index contributed by atoms with van der Waals surface area (Å²) in [6.45, 7) is 0. The lowest BCUT2D eigenvalue weighted by molar-refractivity contribution is 0.0658. The smallest absolute Gasteiger partial charge is 0.436 e. The van der Waals surface area contributed by atoms with Crippen LogP contribution in [0.2, 0.25) is 0 Å². The molecule has 0 radical (unpaired) electrons. The highest BCUT2D eigenvalue weighted by Gasteiger charge is 2.23. The van der Waals surface area contributed by atoms with Crippen molar-refractivity contribution in [2.75, 3.05) is 7.11 Å². The number of nitrogens with two attached hydrogens (primary N) is 1. The SMILES string of the molecule is COC(=O)N(NC(N)=S)C(=O)c1ccccc1. The summed E-state index contributed by atoms with van der Waals surface area (Å²) in [7, 11) is 1.15. The summed E-state index contributed by atoms with van der Waals surface area (Å²) >= 11 is 4.57. The van der Waals surface area contributed by atoms with Gasteiger partial charge >= 0.3 is 6.09 Å². The van der Waals surface area contributed by atoms with Gasteiger partial charge < -0.3 is 10.5 Å². The number of carbonyl (C=O) groups excluding carboxylic acids is 2. The molecule has 0 saturated heterocycles. The Morgan fingerprint density at radius 1 is 1.35 bits per heavy atom. The fraction of sp³-hybridized carbons (Fsp3) is 0.100. The highest BCUT2D eigenvalue weighted by Crippen LogP contribution is 2.04. The second-order valence-corrected chi connectivity index (χ2v) is 3.39. The molecule has 1 aromatic carbocycles. The molecule has 7 heteroatoms. The van der Waals surface area contributed by atoms with Crippen molar-refractivity contribution in [2.45, 2.75) is 0 Å². The molecule has 0 bridgehead atoms. The number of nitrogens with one attached hydrogen (secondary N) is 1. The van der Waals surface area contributed by atoms with Crippen molar-refractivity contribution in [1.29, 1.82) is 0 Å². The summed E-state index contributed by atoms with van der Waals surface area (Å²) in [5.74, 6) is -0.606. The van der Waals surface area contributed by atoms with Crippen LogP contribution in [0.15, 0.2) is 30.3 Å². The van der Waals surface area contributed by atoms with Crippen molar-refractivity contribution in [3.63, 3.8) is 0 Å². The quantitative estimate of drug-likeness (QED) is 0.564. The molecule has 0 heterocycles. The normalized spacial score (nSPS) is 9.24. The molecule has 0 saturated carbocycles. The second kappa shape index (κ2) is 5.80. The number of imide groups is 1. The Balaban J connectivity index is 2.94. The van der Waals surface area contributed by atoms with E-state index in [9.17, 15) is 9.59 Å². The van der Waals surface area contributed by atoms with E-state index in [2.05, 4.69) is 22.4 Å². The number of thiocarbonyl (C=S) groups is 1. The number of rotatable bonds is 1. The van der Waals surface area contributed by atoms with Gasteiger partial charge in [-0.3, -0.25) is 10.2 Å². The molecular formula is C10H11N3O3S. The topological polar surface area (TPSA) is 84.7 Å². The van der Waals surface area contributed by atoms with Crippen LogP contribution in [0.25, 0.3) is 0 Å².